The first kappa shape index (κ1) is 15.3. The van der Waals surface area contributed by atoms with Gasteiger partial charge in [-0.25, -0.2) is 21.9 Å². The smallest absolute Gasteiger partial charge is 0.246 e. The molecule has 1 atom stereocenters. The van der Waals surface area contributed by atoms with Gasteiger partial charge >= 0.3 is 0 Å². The third-order valence-electron chi connectivity index (χ3n) is 3.60. The topological polar surface area (TPSA) is 49.4 Å². The van der Waals surface area contributed by atoms with Crippen molar-refractivity contribution in [3.8, 4) is 0 Å². The molecule has 0 bridgehead atoms. The molecule has 4 nitrogen and oxygen atoms in total. The highest BCUT2D eigenvalue weighted by molar-refractivity contribution is 7.89. The molecule has 1 aliphatic heterocycles. The minimum atomic E-state index is -4.17. The van der Waals surface area contributed by atoms with E-state index < -0.39 is 26.6 Å². The summed E-state index contributed by atoms with van der Waals surface area (Å²) in [6.07, 6.45) is 1.89. The van der Waals surface area contributed by atoms with Crippen molar-refractivity contribution in [3.05, 3.63) is 29.8 Å². The molecule has 1 aliphatic rings. The highest BCUT2D eigenvalue weighted by Crippen LogP contribution is 2.20. The molecule has 0 saturated carbocycles. The number of likely N-dealkylation sites (tertiary alicyclic amines) is 1. The third-order valence-corrected chi connectivity index (χ3v) is 5.08. The van der Waals surface area contributed by atoms with Crippen LogP contribution in [-0.4, -0.2) is 39.0 Å². The molecular formula is C13H18F2N2O2S. The van der Waals surface area contributed by atoms with Gasteiger partial charge in [0.15, 0.2) is 4.90 Å². The molecule has 0 aromatic heterocycles. The predicted octanol–water partition coefficient (Wildman–Crippen LogP) is 1.73. The monoisotopic (exact) mass is 304 g/mol. The second-order valence-electron chi connectivity index (χ2n) is 4.83. The quantitative estimate of drug-likeness (QED) is 0.901. The Morgan fingerprint density at radius 1 is 1.35 bits per heavy atom. The van der Waals surface area contributed by atoms with Crippen molar-refractivity contribution >= 4 is 10.0 Å². The van der Waals surface area contributed by atoms with Gasteiger partial charge in [-0.2, -0.15) is 0 Å². The van der Waals surface area contributed by atoms with Crippen LogP contribution in [0, 0.1) is 11.6 Å². The first-order valence-corrected chi connectivity index (χ1v) is 8.11. The largest absolute Gasteiger partial charge is 0.299 e. The molecular weight excluding hydrogens is 286 g/mol. The normalized spacial score (nSPS) is 20.4. The molecule has 1 saturated heterocycles. The van der Waals surface area contributed by atoms with Crippen LogP contribution in [0.2, 0.25) is 0 Å². The molecule has 1 heterocycles. The van der Waals surface area contributed by atoms with E-state index in [0.29, 0.717) is 0 Å². The van der Waals surface area contributed by atoms with Gasteiger partial charge in [-0.1, -0.05) is 13.0 Å². The van der Waals surface area contributed by atoms with Crippen LogP contribution >= 0.6 is 0 Å². The lowest BCUT2D eigenvalue weighted by Crippen LogP contribution is -2.40. The number of benzene rings is 1. The summed E-state index contributed by atoms with van der Waals surface area (Å²) in [5.41, 5.74) is 0. The first-order chi connectivity index (χ1) is 9.45. The van der Waals surface area contributed by atoms with Crippen LogP contribution in [-0.2, 0) is 10.0 Å². The van der Waals surface area contributed by atoms with Gasteiger partial charge in [-0.05, 0) is 38.1 Å². The standard InChI is InChI=1S/C13H18F2N2O2S/c1-2-17-8-4-5-10(17)9-16-20(18,19)13-11(14)6-3-7-12(13)15/h3,6-7,10,16H,2,4-5,8-9H2,1H3. The fourth-order valence-corrected chi connectivity index (χ4v) is 3.77. The Hall–Kier alpha value is -1.05. The minimum Gasteiger partial charge on any atom is -0.299 e. The second kappa shape index (κ2) is 6.15. The summed E-state index contributed by atoms with van der Waals surface area (Å²) in [7, 11) is -4.17. The van der Waals surface area contributed by atoms with Gasteiger partial charge in [0.25, 0.3) is 0 Å². The van der Waals surface area contributed by atoms with Gasteiger partial charge in [0, 0.05) is 12.6 Å². The molecule has 1 N–H and O–H groups in total. The Morgan fingerprint density at radius 3 is 2.60 bits per heavy atom. The molecule has 0 amide bonds. The molecule has 1 fully saturated rings. The van der Waals surface area contributed by atoms with E-state index in [-0.39, 0.29) is 12.6 Å². The number of hydrogen-bond acceptors (Lipinski definition) is 3. The number of hydrogen-bond donors (Lipinski definition) is 1. The second-order valence-corrected chi connectivity index (χ2v) is 6.53. The van der Waals surface area contributed by atoms with Gasteiger partial charge in [0.2, 0.25) is 10.0 Å². The molecule has 0 aliphatic carbocycles. The maximum absolute atomic E-state index is 13.5. The van der Waals surface area contributed by atoms with Crippen LogP contribution in [0.15, 0.2) is 23.1 Å². The van der Waals surface area contributed by atoms with Crippen LogP contribution < -0.4 is 4.72 Å². The van der Waals surface area contributed by atoms with E-state index in [0.717, 1.165) is 44.1 Å². The predicted molar refractivity (Wildman–Crippen MR) is 71.8 cm³/mol. The fourth-order valence-electron chi connectivity index (χ4n) is 2.56. The van der Waals surface area contributed by atoms with Gasteiger partial charge in [-0.3, -0.25) is 4.90 Å². The van der Waals surface area contributed by atoms with Crippen molar-refractivity contribution in [2.45, 2.75) is 30.7 Å². The zero-order valence-corrected chi connectivity index (χ0v) is 12.1. The summed E-state index contributed by atoms with van der Waals surface area (Å²) < 4.78 is 53.4. The number of halogens is 2. The van der Waals surface area contributed by atoms with Crippen molar-refractivity contribution < 1.29 is 17.2 Å². The number of nitrogens with zero attached hydrogens (tertiary/aromatic N) is 1. The van der Waals surface area contributed by atoms with Gasteiger partial charge in [-0.15, -0.1) is 0 Å². The summed E-state index contributed by atoms with van der Waals surface area (Å²) >= 11 is 0. The molecule has 1 aromatic rings. The van der Waals surface area contributed by atoms with Crippen LogP contribution in [0.1, 0.15) is 19.8 Å². The number of rotatable bonds is 5. The highest BCUT2D eigenvalue weighted by Gasteiger charge is 2.28. The van der Waals surface area contributed by atoms with E-state index in [2.05, 4.69) is 9.62 Å². The number of sulfonamides is 1. The molecule has 0 spiro atoms. The molecule has 0 radical (unpaired) electrons. The van der Waals surface area contributed by atoms with Gasteiger partial charge in [0.1, 0.15) is 11.6 Å². The van der Waals surface area contributed by atoms with E-state index in [1.165, 1.54) is 0 Å². The zero-order valence-electron chi connectivity index (χ0n) is 11.3. The highest BCUT2D eigenvalue weighted by atomic mass is 32.2. The lowest BCUT2D eigenvalue weighted by molar-refractivity contribution is 0.268. The van der Waals surface area contributed by atoms with Crippen molar-refractivity contribution in [2.75, 3.05) is 19.6 Å². The van der Waals surface area contributed by atoms with Crippen molar-refractivity contribution in [3.63, 3.8) is 0 Å². The van der Waals surface area contributed by atoms with Crippen molar-refractivity contribution in [1.29, 1.82) is 0 Å². The number of likely N-dealkylation sites (N-methyl/N-ethyl adjacent to an activating group) is 1. The molecule has 7 heteroatoms. The summed E-state index contributed by atoms with van der Waals surface area (Å²) in [5.74, 6) is -2.15. The maximum atomic E-state index is 13.5. The Labute approximate surface area is 117 Å². The molecule has 1 unspecified atom stereocenters. The Bertz CT molecular complexity index is 557. The lowest BCUT2D eigenvalue weighted by atomic mass is 10.2. The Morgan fingerprint density at radius 2 is 2.00 bits per heavy atom. The van der Waals surface area contributed by atoms with Gasteiger partial charge < -0.3 is 0 Å². The van der Waals surface area contributed by atoms with Gasteiger partial charge in [0.05, 0.1) is 0 Å². The van der Waals surface area contributed by atoms with E-state index in [4.69, 9.17) is 0 Å². The van der Waals surface area contributed by atoms with E-state index in [1.54, 1.807) is 0 Å². The Kier molecular flexibility index (Phi) is 4.72. The SMILES string of the molecule is CCN1CCCC1CNS(=O)(=O)c1c(F)cccc1F. The summed E-state index contributed by atoms with van der Waals surface area (Å²) in [4.78, 5) is 1.25. The van der Waals surface area contributed by atoms with Crippen LogP contribution in [0.4, 0.5) is 8.78 Å². The number of nitrogens with one attached hydrogen (secondary N) is 1. The Balaban J connectivity index is 2.12. The summed E-state index contributed by atoms with van der Waals surface area (Å²) in [5, 5.41) is 0. The fraction of sp³-hybridized carbons (Fsp3) is 0.538. The molecule has 2 rings (SSSR count). The van der Waals surface area contributed by atoms with Crippen molar-refractivity contribution in [1.82, 2.24) is 9.62 Å². The van der Waals surface area contributed by atoms with Crippen LogP contribution in [0.5, 0.6) is 0 Å². The molecule has 1 aromatic carbocycles. The van der Waals surface area contributed by atoms with E-state index >= 15 is 0 Å². The van der Waals surface area contributed by atoms with E-state index in [1.807, 2.05) is 6.92 Å². The summed E-state index contributed by atoms with van der Waals surface area (Å²) in [6.45, 7) is 3.94. The van der Waals surface area contributed by atoms with Crippen LogP contribution in [0.25, 0.3) is 0 Å². The van der Waals surface area contributed by atoms with E-state index in [9.17, 15) is 17.2 Å². The van der Waals surface area contributed by atoms with Crippen LogP contribution in [0.3, 0.4) is 0 Å². The summed E-state index contributed by atoms with van der Waals surface area (Å²) in [6, 6.07) is 3.10. The van der Waals surface area contributed by atoms with Crippen molar-refractivity contribution in [2.24, 2.45) is 0 Å². The first-order valence-electron chi connectivity index (χ1n) is 6.63. The maximum Gasteiger partial charge on any atom is 0.246 e. The average Bonchev–Trinajstić information content (AvgIpc) is 2.83. The zero-order chi connectivity index (χ0) is 14.8. The lowest BCUT2D eigenvalue weighted by Gasteiger charge is -2.22. The third kappa shape index (κ3) is 3.16. The average molecular weight is 304 g/mol. The minimum absolute atomic E-state index is 0.0876. The molecule has 20 heavy (non-hydrogen) atoms. The molecule has 112 valence electrons.